The molecule has 1 aliphatic rings. The summed E-state index contributed by atoms with van der Waals surface area (Å²) in [6.07, 6.45) is 2.05. The molecule has 0 amide bonds. The van der Waals surface area contributed by atoms with Crippen LogP contribution in [-0.2, 0) is 11.8 Å². The molecule has 2 aromatic rings. The molecule has 0 bridgehead atoms. The molecule has 3 rings (SSSR count). The number of halogens is 1. The summed E-state index contributed by atoms with van der Waals surface area (Å²) in [5, 5.41) is 1.79. The molecule has 0 N–H and O–H groups in total. The van der Waals surface area contributed by atoms with Gasteiger partial charge >= 0.3 is 0 Å². The van der Waals surface area contributed by atoms with Crippen LogP contribution in [0.15, 0.2) is 6.07 Å². The Bertz CT molecular complexity index is 587. The highest BCUT2D eigenvalue weighted by Crippen LogP contribution is 2.32. The predicted molar refractivity (Wildman–Crippen MR) is 71.1 cm³/mol. The molecule has 0 aliphatic carbocycles. The van der Waals surface area contributed by atoms with Crippen LogP contribution < -0.4 is 0 Å². The lowest BCUT2D eigenvalue weighted by molar-refractivity contribution is 0.0847. The van der Waals surface area contributed by atoms with Gasteiger partial charge in [0.15, 0.2) is 0 Å². The van der Waals surface area contributed by atoms with Crippen molar-refractivity contribution >= 4 is 22.6 Å². The van der Waals surface area contributed by atoms with E-state index in [1.165, 1.54) is 0 Å². The van der Waals surface area contributed by atoms with Crippen molar-refractivity contribution in [2.24, 2.45) is 7.05 Å². The minimum atomic E-state index is 0.460. The Labute approximate surface area is 111 Å². The highest BCUT2D eigenvalue weighted by Gasteiger charge is 2.22. The van der Waals surface area contributed by atoms with Gasteiger partial charge in [-0.05, 0) is 25.8 Å². The van der Waals surface area contributed by atoms with E-state index in [9.17, 15) is 0 Å². The summed E-state index contributed by atoms with van der Waals surface area (Å²) in [5.74, 6) is 1.27. The Balaban J connectivity index is 2.17. The van der Waals surface area contributed by atoms with Gasteiger partial charge in [-0.15, -0.1) is 0 Å². The molecule has 5 heteroatoms. The van der Waals surface area contributed by atoms with Crippen LogP contribution in [-0.4, -0.2) is 27.7 Å². The zero-order chi connectivity index (χ0) is 12.7. The predicted octanol–water partition coefficient (Wildman–Crippen LogP) is 2.82. The molecule has 0 saturated carbocycles. The summed E-state index contributed by atoms with van der Waals surface area (Å²) in [7, 11) is 1.94. The minimum Gasteiger partial charge on any atom is -0.381 e. The number of aromatic nitrogens is 3. The number of rotatable bonds is 1. The molecule has 18 heavy (non-hydrogen) atoms. The van der Waals surface area contributed by atoms with Gasteiger partial charge in [-0.2, -0.15) is 0 Å². The van der Waals surface area contributed by atoms with E-state index in [0.29, 0.717) is 11.1 Å². The second-order valence-electron chi connectivity index (χ2n) is 4.81. The summed E-state index contributed by atoms with van der Waals surface area (Å²) in [6, 6.07) is 1.97. The normalized spacial score (nSPS) is 17.5. The van der Waals surface area contributed by atoms with E-state index in [1.807, 2.05) is 24.6 Å². The van der Waals surface area contributed by atoms with Crippen LogP contribution in [0, 0.1) is 6.92 Å². The van der Waals surface area contributed by atoms with Gasteiger partial charge in [0.05, 0.1) is 5.69 Å². The molecule has 1 fully saturated rings. The Morgan fingerprint density at radius 1 is 1.33 bits per heavy atom. The van der Waals surface area contributed by atoms with Crippen LogP contribution >= 0.6 is 11.6 Å². The summed E-state index contributed by atoms with van der Waals surface area (Å²) in [6.45, 7) is 3.56. The first-order valence-corrected chi connectivity index (χ1v) is 6.62. The molecular weight excluding hydrogens is 250 g/mol. The van der Waals surface area contributed by atoms with E-state index in [2.05, 4.69) is 9.97 Å². The first-order valence-electron chi connectivity index (χ1n) is 6.24. The monoisotopic (exact) mass is 265 g/mol. The van der Waals surface area contributed by atoms with Crippen molar-refractivity contribution in [2.75, 3.05) is 13.2 Å². The Kier molecular flexibility index (Phi) is 2.99. The van der Waals surface area contributed by atoms with E-state index < -0.39 is 0 Å². The van der Waals surface area contributed by atoms with Gasteiger partial charge in [0.1, 0.15) is 16.6 Å². The van der Waals surface area contributed by atoms with Crippen molar-refractivity contribution in [3.63, 3.8) is 0 Å². The number of hydrogen-bond acceptors (Lipinski definition) is 3. The molecule has 1 saturated heterocycles. The van der Waals surface area contributed by atoms with Gasteiger partial charge in [-0.1, -0.05) is 11.6 Å². The fraction of sp³-hybridized carbons (Fsp3) is 0.538. The Hall–Kier alpha value is -1.13. The summed E-state index contributed by atoms with van der Waals surface area (Å²) >= 11 is 6.19. The van der Waals surface area contributed by atoms with Gasteiger partial charge in [0.25, 0.3) is 0 Å². The molecule has 0 radical (unpaired) electrons. The van der Waals surface area contributed by atoms with Crippen molar-refractivity contribution in [1.29, 1.82) is 0 Å². The lowest BCUT2D eigenvalue weighted by Crippen LogP contribution is -2.16. The van der Waals surface area contributed by atoms with Gasteiger partial charge in [0.2, 0.25) is 0 Å². The summed E-state index contributed by atoms with van der Waals surface area (Å²) in [4.78, 5) is 9.13. The van der Waals surface area contributed by atoms with Crippen LogP contribution in [0.1, 0.15) is 30.3 Å². The van der Waals surface area contributed by atoms with E-state index in [0.717, 1.165) is 48.6 Å². The number of hydrogen-bond donors (Lipinski definition) is 0. The fourth-order valence-corrected chi connectivity index (χ4v) is 2.77. The van der Waals surface area contributed by atoms with Crippen molar-refractivity contribution in [3.05, 3.63) is 22.7 Å². The fourth-order valence-electron chi connectivity index (χ4n) is 2.58. The smallest absolute Gasteiger partial charge is 0.144 e. The third kappa shape index (κ3) is 1.89. The number of ether oxygens (including phenoxy) is 1. The average molecular weight is 266 g/mol. The molecule has 0 unspecified atom stereocenters. The zero-order valence-electron chi connectivity index (χ0n) is 10.6. The largest absolute Gasteiger partial charge is 0.381 e. The highest BCUT2D eigenvalue weighted by molar-refractivity contribution is 6.30. The molecule has 2 aromatic heterocycles. The number of nitrogens with zero attached hydrogens (tertiary/aromatic N) is 3. The SMILES string of the molecule is Cc1nc(C2CCOCC2)c2cc(Cl)n(C)c2n1. The van der Waals surface area contributed by atoms with Gasteiger partial charge < -0.3 is 9.30 Å². The van der Waals surface area contributed by atoms with Crippen LogP contribution in [0.5, 0.6) is 0 Å². The molecular formula is C13H16ClN3O. The molecule has 0 aromatic carbocycles. The van der Waals surface area contributed by atoms with E-state index in [1.54, 1.807) is 0 Å². The van der Waals surface area contributed by atoms with Crippen molar-refractivity contribution < 1.29 is 4.74 Å². The third-order valence-corrected chi connectivity index (χ3v) is 3.94. The Morgan fingerprint density at radius 2 is 2.06 bits per heavy atom. The van der Waals surface area contributed by atoms with Crippen molar-refractivity contribution in [3.8, 4) is 0 Å². The highest BCUT2D eigenvalue weighted by atomic mass is 35.5. The maximum Gasteiger partial charge on any atom is 0.144 e. The summed E-state index contributed by atoms with van der Waals surface area (Å²) < 4.78 is 7.33. The lowest BCUT2D eigenvalue weighted by Gasteiger charge is -2.22. The van der Waals surface area contributed by atoms with Gasteiger partial charge in [-0.3, -0.25) is 0 Å². The standard InChI is InChI=1S/C13H16ClN3O/c1-8-15-12(9-3-5-18-6-4-9)10-7-11(14)17(2)13(10)16-8/h7,9H,3-6H2,1-2H3. The first-order chi connectivity index (χ1) is 8.66. The first kappa shape index (κ1) is 11.9. The van der Waals surface area contributed by atoms with Crippen LogP contribution in [0.25, 0.3) is 11.0 Å². The van der Waals surface area contributed by atoms with Gasteiger partial charge in [0, 0.05) is 31.6 Å². The maximum atomic E-state index is 6.19. The maximum absolute atomic E-state index is 6.19. The van der Waals surface area contributed by atoms with E-state index >= 15 is 0 Å². The molecule has 96 valence electrons. The van der Waals surface area contributed by atoms with Crippen molar-refractivity contribution in [2.45, 2.75) is 25.7 Å². The van der Waals surface area contributed by atoms with Crippen LogP contribution in [0.4, 0.5) is 0 Å². The second kappa shape index (κ2) is 4.52. The summed E-state index contributed by atoms with van der Waals surface area (Å²) in [5.41, 5.74) is 2.05. The number of fused-ring (bicyclic) bond motifs is 1. The minimum absolute atomic E-state index is 0.460. The third-order valence-electron chi connectivity index (χ3n) is 3.58. The molecule has 1 aliphatic heterocycles. The van der Waals surface area contributed by atoms with Gasteiger partial charge in [-0.25, -0.2) is 9.97 Å². The van der Waals surface area contributed by atoms with Crippen LogP contribution in [0.3, 0.4) is 0 Å². The van der Waals surface area contributed by atoms with Crippen LogP contribution in [0.2, 0.25) is 5.15 Å². The van der Waals surface area contributed by atoms with E-state index in [-0.39, 0.29) is 0 Å². The molecule has 0 atom stereocenters. The molecule has 4 nitrogen and oxygen atoms in total. The molecule has 3 heterocycles. The Morgan fingerprint density at radius 3 is 2.78 bits per heavy atom. The topological polar surface area (TPSA) is 39.9 Å². The van der Waals surface area contributed by atoms with Crippen molar-refractivity contribution in [1.82, 2.24) is 14.5 Å². The number of aryl methyl sites for hydroxylation is 2. The second-order valence-corrected chi connectivity index (χ2v) is 5.19. The lowest BCUT2D eigenvalue weighted by atomic mass is 9.94. The average Bonchev–Trinajstić information content (AvgIpc) is 2.66. The zero-order valence-corrected chi connectivity index (χ0v) is 11.4. The molecule has 0 spiro atoms. The quantitative estimate of drug-likeness (QED) is 0.796. The van der Waals surface area contributed by atoms with E-state index in [4.69, 9.17) is 16.3 Å².